The third-order valence-electron chi connectivity index (χ3n) is 8.76. The Balaban J connectivity index is 1.58. The summed E-state index contributed by atoms with van der Waals surface area (Å²) in [4.78, 5) is 24.6. The number of rotatable bonds is 6. The zero-order valence-electron chi connectivity index (χ0n) is 18.6. The first-order valence-electron chi connectivity index (χ1n) is 12.1. The van der Waals surface area contributed by atoms with Crippen molar-refractivity contribution in [2.75, 3.05) is 0 Å². The molecule has 3 nitrogen and oxygen atoms in total. The highest BCUT2D eigenvalue weighted by Crippen LogP contribution is 2.64. The van der Waals surface area contributed by atoms with Crippen LogP contribution in [-0.4, -0.2) is 17.4 Å². The van der Waals surface area contributed by atoms with Crippen LogP contribution in [0.2, 0.25) is 0 Å². The minimum Gasteiger partial charge on any atom is -0.441 e. The predicted molar refractivity (Wildman–Crippen MR) is 118 cm³/mol. The molecule has 0 aromatic heterocycles. The first-order valence-corrected chi connectivity index (χ1v) is 12.1. The Labute approximate surface area is 181 Å². The molecule has 2 fully saturated rings. The van der Waals surface area contributed by atoms with Crippen molar-refractivity contribution < 1.29 is 14.3 Å². The van der Waals surface area contributed by atoms with Crippen LogP contribution in [0.4, 0.5) is 0 Å². The number of fused-ring (bicyclic) bond motifs is 5. The SMILES string of the molecule is C#C[C@]1(OC(=O)CCCCC)C=C[C@H]2[C@@H]3CCC4=CC(=O)CC[C@@H]4[C@H]3CC[C@@]21CC. The average Bonchev–Trinajstić information content (AvgIpc) is 3.08. The van der Waals surface area contributed by atoms with E-state index in [4.69, 9.17) is 11.2 Å². The van der Waals surface area contributed by atoms with Gasteiger partial charge in [0.1, 0.15) is 0 Å². The molecule has 3 heteroatoms. The number of esters is 1. The zero-order chi connectivity index (χ0) is 21.4. The summed E-state index contributed by atoms with van der Waals surface area (Å²) < 4.78 is 6.14. The van der Waals surface area contributed by atoms with Gasteiger partial charge in [-0.05, 0) is 80.8 Å². The zero-order valence-corrected chi connectivity index (χ0v) is 18.6. The lowest BCUT2D eigenvalue weighted by atomic mass is 9.49. The summed E-state index contributed by atoms with van der Waals surface area (Å²) >= 11 is 0. The molecule has 0 heterocycles. The number of ketones is 1. The second-order valence-corrected chi connectivity index (χ2v) is 9.94. The van der Waals surface area contributed by atoms with Crippen LogP contribution in [0, 0.1) is 41.4 Å². The third-order valence-corrected chi connectivity index (χ3v) is 8.76. The van der Waals surface area contributed by atoms with E-state index < -0.39 is 5.60 Å². The standard InChI is InChI=1S/C27H36O3/c1-4-7-8-9-25(29)30-27(6-3)17-15-24-23-12-10-19-18-20(28)11-13-21(19)22(23)14-16-26(24,27)5-2/h3,15,17-18,21-24H,4-5,7-14,16H2,1-2H3/t21-,22+,23+,24-,26-,27-/m0/s1. The number of ether oxygens (including phenoxy) is 1. The first-order chi connectivity index (χ1) is 14.5. The van der Waals surface area contributed by atoms with Gasteiger partial charge >= 0.3 is 5.97 Å². The van der Waals surface area contributed by atoms with Crippen LogP contribution in [0.1, 0.15) is 84.5 Å². The lowest BCUT2D eigenvalue weighted by Crippen LogP contribution is -2.55. The molecule has 0 aromatic rings. The summed E-state index contributed by atoms with van der Waals surface area (Å²) in [5.41, 5.74) is 0.304. The number of hydrogen-bond donors (Lipinski definition) is 0. The van der Waals surface area contributed by atoms with Gasteiger partial charge in [-0.25, -0.2) is 0 Å². The summed E-state index contributed by atoms with van der Waals surface area (Å²) in [6.07, 6.45) is 22.7. The molecule has 4 aliphatic carbocycles. The van der Waals surface area contributed by atoms with Crippen molar-refractivity contribution in [3.63, 3.8) is 0 Å². The highest BCUT2D eigenvalue weighted by atomic mass is 16.6. The van der Waals surface area contributed by atoms with Crippen molar-refractivity contribution >= 4 is 11.8 Å². The lowest BCUT2D eigenvalue weighted by molar-refractivity contribution is -0.168. The molecule has 0 aromatic carbocycles. The van der Waals surface area contributed by atoms with Gasteiger partial charge in [0.15, 0.2) is 11.4 Å². The van der Waals surface area contributed by atoms with E-state index in [2.05, 4.69) is 31.9 Å². The maximum atomic E-state index is 12.7. The molecule has 0 unspecified atom stereocenters. The van der Waals surface area contributed by atoms with Crippen LogP contribution in [0.25, 0.3) is 0 Å². The van der Waals surface area contributed by atoms with E-state index in [1.165, 1.54) is 5.57 Å². The molecule has 0 N–H and O–H groups in total. The van der Waals surface area contributed by atoms with Crippen LogP contribution in [0.3, 0.4) is 0 Å². The van der Waals surface area contributed by atoms with Crippen LogP contribution < -0.4 is 0 Å². The van der Waals surface area contributed by atoms with E-state index in [-0.39, 0.29) is 11.4 Å². The summed E-state index contributed by atoms with van der Waals surface area (Å²) in [6, 6.07) is 0. The average molecular weight is 409 g/mol. The molecule has 0 bridgehead atoms. The Hall–Kier alpha value is -1.82. The topological polar surface area (TPSA) is 43.4 Å². The van der Waals surface area contributed by atoms with Gasteiger partial charge in [0.25, 0.3) is 0 Å². The van der Waals surface area contributed by atoms with Gasteiger partial charge in [0, 0.05) is 18.3 Å². The summed E-state index contributed by atoms with van der Waals surface area (Å²) in [7, 11) is 0. The maximum absolute atomic E-state index is 12.7. The Kier molecular flexibility index (Phi) is 5.97. The van der Waals surface area contributed by atoms with Gasteiger partial charge in [-0.2, -0.15) is 0 Å². The molecule has 162 valence electrons. The van der Waals surface area contributed by atoms with Gasteiger partial charge in [0.05, 0.1) is 0 Å². The van der Waals surface area contributed by atoms with Crippen molar-refractivity contribution in [3.8, 4) is 12.3 Å². The van der Waals surface area contributed by atoms with Gasteiger partial charge in [0.2, 0.25) is 0 Å². The maximum Gasteiger partial charge on any atom is 0.307 e. The lowest BCUT2D eigenvalue weighted by Gasteiger charge is -2.56. The Morgan fingerprint density at radius 1 is 1.20 bits per heavy atom. The summed E-state index contributed by atoms with van der Waals surface area (Å²) in [5, 5.41) is 0. The molecule has 4 aliphatic rings. The fourth-order valence-corrected chi connectivity index (χ4v) is 7.27. The predicted octanol–water partition coefficient (Wildman–Crippen LogP) is 5.79. The van der Waals surface area contributed by atoms with Crippen molar-refractivity contribution in [2.45, 2.75) is 90.1 Å². The Morgan fingerprint density at radius 2 is 2.03 bits per heavy atom. The van der Waals surface area contributed by atoms with Crippen molar-refractivity contribution in [1.29, 1.82) is 0 Å². The number of terminal acetylenes is 1. The normalized spacial score (nSPS) is 39.4. The monoisotopic (exact) mass is 408 g/mol. The van der Waals surface area contributed by atoms with E-state index in [9.17, 15) is 9.59 Å². The van der Waals surface area contributed by atoms with Crippen molar-refractivity contribution in [1.82, 2.24) is 0 Å². The van der Waals surface area contributed by atoms with Crippen LogP contribution in [-0.2, 0) is 14.3 Å². The number of allylic oxidation sites excluding steroid dienone is 3. The second-order valence-electron chi connectivity index (χ2n) is 9.94. The second kappa shape index (κ2) is 8.37. The molecule has 4 rings (SSSR count). The van der Waals surface area contributed by atoms with Crippen LogP contribution in [0.15, 0.2) is 23.8 Å². The highest BCUT2D eigenvalue weighted by molar-refractivity contribution is 5.91. The minimum absolute atomic E-state index is 0.152. The number of carbonyl (C=O) groups is 2. The highest BCUT2D eigenvalue weighted by Gasteiger charge is 2.63. The molecule has 0 amide bonds. The van der Waals surface area contributed by atoms with E-state index in [0.717, 1.165) is 57.8 Å². The van der Waals surface area contributed by atoms with E-state index >= 15 is 0 Å². The molecule has 0 saturated heterocycles. The number of hydrogen-bond acceptors (Lipinski definition) is 3. The largest absolute Gasteiger partial charge is 0.441 e. The molecular weight excluding hydrogens is 372 g/mol. The molecule has 0 spiro atoms. The molecule has 0 radical (unpaired) electrons. The number of carbonyl (C=O) groups excluding carboxylic acids is 2. The van der Waals surface area contributed by atoms with Crippen LogP contribution >= 0.6 is 0 Å². The van der Waals surface area contributed by atoms with E-state index in [1.54, 1.807) is 0 Å². The third kappa shape index (κ3) is 3.28. The van der Waals surface area contributed by atoms with Gasteiger partial charge in [-0.3, -0.25) is 9.59 Å². The van der Waals surface area contributed by atoms with E-state index in [0.29, 0.717) is 42.3 Å². The Bertz CT molecular complexity index is 799. The van der Waals surface area contributed by atoms with Gasteiger partial charge < -0.3 is 4.74 Å². The van der Waals surface area contributed by atoms with Crippen molar-refractivity contribution in [2.24, 2.45) is 29.1 Å². The summed E-state index contributed by atoms with van der Waals surface area (Å²) in [6.45, 7) is 4.35. The quantitative estimate of drug-likeness (QED) is 0.242. The first kappa shape index (κ1) is 21.4. The smallest absolute Gasteiger partial charge is 0.307 e. The molecular formula is C27H36O3. The Morgan fingerprint density at radius 3 is 2.77 bits per heavy atom. The summed E-state index contributed by atoms with van der Waals surface area (Å²) in [5.74, 6) is 5.23. The van der Waals surface area contributed by atoms with Crippen LogP contribution in [0.5, 0.6) is 0 Å². The molecule has 30 heavy (non-hydrogen) atoms. The molecule has 6 atom stereocenters. The van der Waals surface area contributed by atoms with E-state index in [1.807, 2.05) is 6.08 Å². The molecule has 0 aliphatic heterocycles. The van der Waals surface area contributed by atoms with Gasteiger partial charge in [-0.15, -0.1) is 6.42 Å². The minimum atomic E-state index is -0.903. The van der Waals surface area contributed by atoms with Crippen molar-refractivity contribution in [3.05, 3.63) is 23.8 Å². The fourth-order valence-electron chi connectivity index (χ4n) is 7.27. The fraction of sp³-hybridized carbons (Fsp3) is 0.704. The van der Waals surface area contributed by atoms with Gasteiger partial charge in [-0.1, -0.05) is 44.3 Å². The number of unbranched alkanes of at least 4 members (excludes halogenated alkanes) is 2. The molecule has 2 saturated carbocycles.